The van der Waals surface area contributed by atoms with Crippen molar-refractivity contribution in [2.45, 2.75) is 19.3 Å². The normalized spacial score (nSPS) is 18.0. The Bertz CT molecular complexity index is 877. The molecule has 1 fully saturated rings. The van der Waals surface area contributed by atoms with Crippen LogP contribution in [-0.2, 0) is 4.79 Å². The third-order valence-corrected chi connectivity index (χ3v) is 5.75. The maximum Gasteiger partial charge on any atom is 0.236 e. The number of rotatable bonds is 4. The summed E-state index contributed by atoms with van der Waals surface area (Å²) in [4.78, 5) is 24.0. The molecule has 0 aliphatic carbocycles. The van der Waals surface area contributed by atoms with Crippen LogP contribution in [-0.4, -0.2) is 60.9 Å². The number of hydrogen-bond donors (Lipinski definition) is 0. The first-order valence-electron chi connectivity index (χ1n) is 10.3. The number of carbonyl (C=O) groups is 1. The first-order chi connectivity index (χ1) is 14.2. The van der Waals surface area contributed by atoms with E-state index in [1.54, 1.807) is 6.07 Å². The Morgan fingerprint density at radius 2 is 1.62 bits per heavy atom. The summed E-state index contributed by atoms with van der Waals surface area (Å²) in [6.07, 6.45) is 0.758. The molecule has 152 valence electrons. The summed E-state index contributed by atoms with van der Waals surface area (Å²) in [5.41, 5.74) is 1.69. The molecule has 0 N–H and O–H groups in total. The molecule has 0 saturated carbocycles. The molecule has 1 unspecified atom stereocenters. The van der Waals surface area contributed by atoms with Crippen LogP contribution in [0.3, 0.4) is 0 Å². The number of hydrogen-bond acceptors (Lipinski definition) is 4. The highest BCUT2D eigenvalue weighted by atomic mass is 19.1. The molecular formula is C23H27FN4O. The van der Waals surface area contributed by atoms with Gasteiger partial charge in [-0.3, -0.25) is 14.7 Å². The van der Waals surface area contributed by atoms with Crippen molar-refractivity contribution >= 4 is 17.6 Å². The predicted octanol–water partition coefficient (Wildman–Crippen LogP) is 3.34. The van der Waals surface area contributed by atoms with Crippen molar-refractivity contribution in [3.63, 3.8) is 0 Å². The highest BCUT2D eigenvalue weighted by molar-refractivity contribution is 6.01. The third kappa shape index (κ3) is 3.97. The standard InChI is InChI=1S/C23H27FN4O/c1-2-19(18-8-4-3-5-9-18)22(29)28-13-12-25-23(28)27-16-14-26(15-17-27)21-11-7-6-10-20(21)24/h3-11,19H,2,12-17H2,1H3. The number of piperazine rings is 1. The highest BCUT2D eigenvalue weighted by Crippen LogP contribution is 2.25. The molecule has 2 aliphatic heterocycles. The van der Waals surface area contributed by atoms with Crippen LogP contribution < -0.4 is 4.90 Å². The van der Waals surface area contributed by atoms with Crippen LogP contribution >= 0.6 is 0 Å². The van der Waals surface area contributed by atoms with Gasteiger partial charge in [0, 0.05) is 32.7 Å². The summed E-state index contributed by atoms with van der Waals surface area (Å²) in [6.45, 7) is 6.17. The molecule has 0 spiro atoms. The van der Waals surface area contributed by atoms with Gasteiger partial charge < -0.3 is 9.80 Å². The molecule has 4 rings (SSSR count). The van der Waals surface area contributed by atoms with Gasteiger partial charge in [-0.05, 0) is 24.1 Å². The number of nitrogens with zero attached hydrogens (tertiary/aromatic N) is 4. The SMILES string of the molecule is CCC(C(=O)N1CCN=C1N1CCN(c2ccccc2F)CC1)c1ccccc1. The van der Waals surface area contributed by atoms with Crippen molar-refractivity contribution < 1.29 is 9.18 Å². The lowest BCUT2D eigenvalue weighted by atomic mass is 9.95. The largest absolute Gasteiger partial charge is 0.366 e. The molecule has 1 atom stereocenters. The fourth-order valence-corrected chi connectivity index (χ4v) is 4.20. The van der Waals surface area contributed by atoms with Gasteiger partial charge >= 0.3 is 0 Å². The van der Waals surface area contributed by atoms with E-state index in [-0.39, 0.29) is 17.6 Å². The molecule has 6 heteroatoms. The number of para-hydroxylation sites is 1. The van der Waals surface area contributed by atoms with E-state index in [1.165, 1.54) is 6.07 Å². The number of carbonyl (C=O) groups excluding carboxylic acids is 1. The van der Waals surface area contributed by atoms with Gasteiger partial charge in [0.05, 0.1) is 18.2 Å². The Hall–Kier alpha value is -2.89. The summed E-state index contributed by atoms with van der Waals surface area (Å²) < 4.78 is 14.1. The zero-order valence-corrected chi connectivity index (χ0v) is 16.8. The van der Waals surface area contributed by atoms with Crippen LogP contribution in [0.4, 0.5) is 10.1 Å². The summed E-state index contributed by atoms with van der Waals surface area (Å²) in [6, 6.07) is 16.9. The second-order valence-electron chi connectivity index (χ2n) is 7.47. The monoisotopic (exact) mass is 394 g/mol. The molecule has 1 saturated heterocycles. The molecule has 0 radical (unpaired) electrons. The van der Waals surface area contributed by atoms with Crippen LogP contribution in [0.2, 0.25) is 0 Å². The maximum absolute atomic E-state index is 14.1. The number of aliphatic imine (C=N–C) groups is 1. The van der Waals surface area contributed by atoms with Crippen molar-refractivity contribution in [2.24, 2.45) is 4.99 Å². The van der Waals surface area contributed by atoms with Crippen LogP contribution in [0.5, 0.6) is 0 Å². The summed E-state index contributed by atoms with van der Waals surface area (Å²) >= 11 is 0. The fraction of sp³-hybridized carbons (Fsp3) is 0.391. The zero-order chi connectivity index (χ0) is 20.2. The average molecular weight is 394 g/mol. The Balaban J connectivity index is 1.44. The lowest BCUT2D eigenvalue weighted by Gasteiger charge is -2.39. The minimum atomic E-state index is -0.190. The molecule has 2 aliphatic rings. The second-order valence-corrected chi connectivity index (χ2v) is 7.47. The van der Waals surface area contributed by atoms with Gasteiger partial charge in [-0.1, -0.05) is 49.4 Å². The van der Waals surface area contributed by atoms with Crippen molar-refractivity contribution in [1.82, 2.24) is 9.80 Å². The van der Waals surface area contributed by atoms with Gasteiger partial charge in [-0.15, -0.1) is 0 Å². The van der Waals surface area contributed by atoms with E-state index in [4.69, 9.17) is 0 Å². The van der Waals surface area contributed by atoms with Crippen molar-refractivity contribution in [3.8, 4) is 0 Å². The Kier molecular flexibility index (Phi) is 5.79. The van der Waals surface area contributed by atoms with E-state index in [0.29, 0.717) is 31.9 Å². The number of amides is 1. The van der Waals surface area contributed by atoms with Gasteiger partial charge in [0.15, 0.2) is 0 Å². The maximum atomic E-state index is 14.1. The summed E-state index contributed by atoms with van der Waals surface area (Å²) in [5.74, 6) is 0.549. The van der Waals surface area contributed by atoms with E-state index < -0.39 is 0 Å². The van der Waals surface area contributed by atoms with E-state index >= 15 is 0 Å². The van der Waals surface area contributed by atoms with Gasteiger partial charge in [-0.2, -0.15) is 0 Å². The quantitative estimate of drug-likeness (QED) is 0.799. The van der Waals surface area contributed by atoms with Gasteiger partial charge in [0.2, 0.25) is 11.9 Å². The van der Waals surface area contributed by atoms with Crippen molar-refractivity contribution in [1.29, 1.82) is 0 Å². The Morgan fingerprint density at radius 3 is 2.31 bits per heavy atom. The first-order valence-corrected chi connectivity index (χ1v) is 10.3. The van der Waals surface area contributed by atoms with E-state index in [0.717, 1.165) is 31.0 Å². The summed E-state index contributed by atoms with van der Waals surface area (Å²) in [5, 5.41) is 0. The van der Waals surface area contributed by atoms with E-state index in [1.807, 2.05) is 47.4 Å². The first kappa shape index (κ1) is 19.4. The van der Waals surface area contributed by atoms with Gasteiger partial charge in [-0.25, -0.2) is 4.39 Å². The topological polar surface area (TPSA) is 39.2 Å². The fourth-order valence-electron chi connectivity index (χ4n) is 4.20. The lowest BCUT2D eigenvalue weighted by Crippen LogP contribution is -2.54. The number of anilines is 1. The second kappa shape index (κ2) is 8.64. The van der Waals surface area contributed by atoms with Crippen molar-refractivity contribution in [2.75, 3.05) is 44.2 Å². The molecule has 1 amide bonds. The number of benzene rings is 2. The Morgan fingerprint density at radius 1 is 0.966 bits per heavy atom. The molecule has 2 heterocycles. The minimum Gasteiger partial charge on any atom is -0.366 e. The Labute approximate surface area is 171 Å². The average Bonchev–Trinajstić information content (AvgIpc) is 3.25. The van der Waals surface area contributed by atoms with Gasteiger partial charge in [0.1, 0.15) is 5.82 Å². The van der Waals surface area contributed by atoms with Gasteiger partial charge in [0.25, 0.3) is 0 Å². The molecule has 0 aromatic heterocycles. The smallest absolute Gasteiger partial charge is 0.236 e. The van der Waals surface area contributed by atoms with E-state index in [9.17, 15) is 9.18 Å². The number of halogens is 1. The molecule has 2 aromatic carbocycles. The third-order valence-electron chi connectivity index (χ3n) is 5.75. The van der Waals surface area contributed by atoms with Crippen LogP contribution in [0, 0.1) is 5.82 Å². The van der Waals surface area contributed by atoms with Crippen LogP contribution in [0.1, 0.15) is 24.8 Å². The van der Waals surface area contributed by atoms with Crippen LogP contribution in [0.25, 0.3) is 0 Å². The molecule has 2 aromatic rings. The van der Waals surface area contributed by atoms with Crippen LogP contribution in [0.15, 0.2) is 59.6 Å². The molecule has 0 bridgehead atoms. The molecular weight excluding hydrogens is 367 g/mol. The molecule has 5 nitrogen and oxygen atoms in total. The highest BCUT2D eigenvalue weighted by Gasteiger charge is 2.34. The predicted molar refractivity (Wildman–Crippen MR) is 114 cm³/mol. The zero-order valence-electron chi connectivity index (χ0n) is 16.8. The number of guanidine groups is 1. The minimum absolute atomic E-state index is 0.117. The molecule has 29 heavy (non-hydrogen) atoms. The van der Waals surface area contributed by atoms with E-state index in [2.05, 4.69) is 21.7 Å². The van der Waals surface area contributed by atoms with Crippen molar-refractivity contribution in [3.05, 3.63) is 66.0 Å². The summed E-state index contributed by atoms with van der Waals surface area (Å²) in [7, 11) is 0. The lowest BCUT2D eigenvalue weighted by molar-refractivity contribution is -0.129.